The third-order valence-corrected chi connectivity index (χ3v) is 1.95. The van der Waals surface area contributed by atoms with Gasteiger partial charge in [-0.15, -0.1) is 0 Å². The fraction of sp³-hybridized carbons (Fsp3) is 0.727. The van der Waals surface area contributed by atoms with Crippen molar-refractivity contribution in [3.8, 4) is 6.01 Å². The number of rotatable bonds is 9. The lowest BCUT2D eigenvalue weighted by atomic mass is 10.7. The van der Waals surface area contributed by atoms with Crippen molar-refractivity contribution in [1.82, 2.24) is 15.0 Å². The molecule has 0 aliphatic rings. The highest BCUT2D eigenvalue weighted by atomic mass is 16.5. The van der Waals surface area contributed by atoms with Gasteiger partial charge >= 0.3 is 6.01 Å². The maximum Gasteiger partial charge on any atom is 0.323 e. The Labute approximate surface area is 107 Å². The van der Waals surface area contributed by atoms with E-state index in [9.17, 15) is 0 Å². The van der Waals surface area contributed by atoms with Crippen LogP contribution in [0, 0.1) is 0 Å². The van der Waals surface area contributed by atoms with Crippen LogP contribution in [-0.2, 0) is 4.74 Å². The molecule has 1 rings (SSSR count). The molecule has 7 nitrogen and oxygen atoms in total. The molecule has 102 valence electrons. The van der Waals surface area contributed by atoms with Gasteiger partial charge in [-0.3, -0.25) is 0 Å². The number of hydrogen-bond donors (Lipinski definition) is 2. The lowest BCUT2D eigenvalue weighted by Gasteiger charge is -2.09. The highest BCUT2D eigenvalue weighted by Crippen LogP contribution is 2.10. The first-order valence-electron chi connectivity index (χ1n) is 6.24. The molecule has 0 bridgehead atoms. The predicted molar refractivity (Wildman–Crippen MR) is 70.1 cm³/mol. The molecule has 0 amide bonds. The van der Waals surface area contributed by atoms with Crippen LogP contribution in [0.3, 0.4) is 0 Å². The van der Waals surface area contributed by atoms with E-state index in [1.807, 2.05) is 20.8 Å². The van der Waals surface area contributed by atoms with Gasteiger partial charge in [0.05, 0.1) is 6.61 Å². The lowest BCUT2D eigenvalue weighted by Crippen LogP contribution is -2.13. The van der Waals surface area contributed by atoms with Crippen LogP contribution in [-0.4, -0.2) is 47.9 Å². The van der Waals surface area contributed by atoms with Crippen LogP contribution in [0.15, 0.2) is 0 Å². The Hall–Kier alpha value is -1.63. The normalized spacial score (nSPS) is 10.2. The van der Waals surface area contributed by atoms with E-state index >= 15 is 0 Å². The third kappa shape index (κ3) is 5.13. The molecule has 1 aromatic heterocycles. The Bertz CT molecular complexity index is 324. The van der Waals surface area contributed by atoms with Gasteiger partial charge in [0.15, 0.2) is 0 Å². The van der Waals surface area contributed by atoms with E-state index in [1.165, 1.54) is 0 Å². The Morgan fingerprint density at radius 3 is 2.00 bits per heavy atom. The number of hydrogen-bond acceptors (Lipinski definition) is 7. The van der Waals surface area contributed by atoms with Crippen LogP contribution >= 0.6 is 0 Å². The lowest BCUT2D eigenvalue weighted by molar-refractivity contribution is 0.106. The van der Waals surface area contributed by atoms with Crippen molar-refractivity contribution < 1.29 is 9.47 Å². The summed E-state index contributed by atoms with van der Waals surface area (Å²) >= 11 is 0. The zero-order valence-electron chi connectivity index (χ0n) is 11.2. The van der Waals surface area contributed by atoms with Gasteiger partial charge in [-0.1, -0.05) is 0 Å². The molecule has 18 heavy (non-hydrogen) atoms. The summed E-state index contributed by atoms with van der Waals surface area (Å²) in [5, 5.41) is 6.07. The van der Waals surface area contributed by atoms with Crippen LogP contribution in [0.1, 0.15) is 20.8 Å². The fourth-order valence-corrected chi connectivity index (χ4v) is 1.23. The van der Waals surface area contributed by atoms with Crippen molar-refractivity contribution in [1.29, 1.82) is 0 Å². The van der Waals surface area contributed by atoms with Crippen LogP contribution in [0.2, 0.25) is 0 Å². The second kappa shape index (κ2) is 8.46. The molecule has 0 saturated carbocycles. The minimum absolute atomic E-state index is 0.302. The fourth-order valence-electron chi connectivity index (χ4n) is 1.23. The smallest absolute Gasteiger partial charge is 0.323 e. The number of nitrogens with zero attached hydrogens (tertiary/aromatic N) is 3. The number of ether oxygens (including phenoxy) is 2. The van der Waals surface area contributed by atoms with Crippen LogP contribution < -0.4 is 15.4 Å². The Balaban J connectivity index is 2.63. The maximum absolute atomic E-state index is 5.41. The van der Waals surface area contributed by atoms with E-state index in [0.29, 0.717) is 37.7 Å². The molecule has 0 radical (unpaired) electrons. The highest BCUT2D eigenvalue weighted by Gasteiger charge is 2.06. The van der Waals surface area contributed by atoms with E-state index in [0.717, 1.165) is 13.1 Å². The van der Waals surface area contributed by atoms with Gasteiger partial charge in [0.2, 0.25) is 11.9 Å². The molecule has 0 fully saturated rings. The Morgan fingerprint density at radius 1 is 0.889 bits per heavy atom. The van der Waals surface area contributed by atoms with Gasteiger partial charge < -0.3 is 20.1 Å². The first-order valence-corrected chi connectivity index (χ1v) is 6.24. The zero-order chi connectivity index (χ0) is 13.2. The average molecular weight is 255 g/mol. The molecule has 1 heterocycles. The largest absolute Gasteiger partial charge is 0.461 e. The topological polar surface area (TPSA) is 81.2 Å². The van der Waals surface area contributed by atoms with Crippen molar-refractivity contribution in [2.75, 3.05) is 43.5 Å². The van der Waals surface area contributed by atoms with E-state index in [-0.39, 0.29) is 0 Å². The van der Waals surface area contributed by atoms with E-state index in [2.05, 4.69) is 25.6 Å². The molecule has 0 aliphatic carbocycles. The molecule has 0 unspecified atom stereocenters. The number of aromatic nitrogens is 3. The summed E-state index contributed by atoms with van der Waals surface area (Å²) < 4.78 is 10.6. The molecule has 0 atom stereocenters. The SMILES string of the molecule is CCNc1nc(NCC)nc(OCCOCC)n1. The van der Waals surface area contributed by atoms with Gasteiger partial charge in [-0.2, -0.15) is 15.0 Å². The summed E-state index contributed by atoms with van der Waals surface area (Å²) in [6, 6.07) is 0.302. The molecule has 1 aromatic rings. The van der Waals surface area contributed by atoms with Crippen molar-refractivity contribution in [2.24, 2.45) is 0 Å². The first kappa shape index (κ1) is 14.4. The Morgan fingerprint density at radius 2 is 1.50 bits per heavy atom. The highest BCUT2D eigenvalue weighted by molar-refractivity contribution is 5.35. The minimum atomic E-state index is 0.302. The van der Waals surface area contributed by atoms with Crippen LogP contribution in [0.5, 0.6) is 6.01 Å². The first-order chi connectivity index (χ1) is 8.80. The van der Waals surface area contributed by atoms with E-state index in [1.54, 1.807) is 0 Å². The zero-order valence-corrected chi connectivity index (χ0v) is 11.2. The predicted octanol–water partition coefficient (Wildman–Crippen LogP) is 1.15. The number of anilines is 2. The van der Waals surface area contributed by atoms with Gasteiger partial charge in [-0.25, -0.2) is 0 Å². The summed E-state index contributed by atoms with van der Waals surface area (Å²) in [5.74, 6) is 1.02. The van der Waals surface area contributed by atoms with Crippen molar-refractivity contribution in [3.63, 3.8) is 0 Å². The van der Waals surface area contributed by atoms with Crippen LogP contribution in [0.4, 0.5) is 11.9 Å². The Kier molecular flexibility index (Phi) is 6.78. The van der Waals surface area contributed by atoms with Gasteiger partial charge in [-0.05, 0) is 20.8 Å². The van der Waals surface area contributed by atoms with Crippen molar-refractivity contribution in [3.05, 3.63) is 0 Å². The number of nitrogens with one attached hydrogen (secondary N) is 2. The molecule has 2 N–H and O–H groups in total. The standard InChI is InChI=1S/C11H21N5O2/c1-4-12-9-14-10(13-5-2)16-11(15-9)18-8-7-17-6-3/h4-8H2,1-3H3,(H2,12,13,14,15,16). The van der Waals surface area contributed by atoms with Gasteiger partial charge in [0.25, 0.3) is 0 Å². The van der Waals surface area contributed by atoms with E-state index in [4.69, 9.17) is 9.47 Å². The summed E-state index contributed by atoms with van der Waals surface area (Å²) in [6.07, 6.45) is 0. The quantitative estimate of drug-likeness (QED) is 0.640. The van der Waals surface area contributed by atoms with Gasteiger partial charge in [0.1, 0.15) is 6.61 Å². The minimum Gasteiger partial charge on any atom is -0.461 e. The molecule has 0 aromatic carbocycles. The van der Waals surface area contributed by atoms with Crippen molar-refractivity contribution >= 4 is 11.9 Å². The maximum atomic E-state index is 5.41. The average Bonchev–Trinajstić information content (AvgIpc) is 2.35. The molecular weight excluding hydrogens is 234 g/mol. The monoisotopic (exact) mass is 255 g/mol. The third-order valence-electron chi connectivity index (χ3n) is 1.95. The molecule has 0 spiro atoms. The summed E-state index contributed by atoms with van der Waals surface area (Å²) in [6.45, 7) is 9.01. The van der Waals surface area contributed by atoms with Gasteiger partial charge in [0, 0.05) is 19.7 Å². The second-order valence-corrected chi connectivity index (χ2v) is 3.37. The summed E-state index contributed by atoms with van der Waals surface area (Å²) in [4.78, 5) is 12.5. The summed E-state index contributed by atoms with van der Waals surface area (Å²) in [5.41, 5.74) is 0. The van der Waals surface area contributed by atoms with Crippen LogP contribution in [0.25, 0.3) is 0 Å². The summed E-state index contributed by atoms with van der Waals surface area (Å²) in [7, 11) is 0. The second-order valence-electron chi connectivity index (χ2n) is 3.37. The molecular formula is C11H21N5O2. The van der Waals surface area contributed by atoms with E-state index < -0.39 is 0 Å². The molecule has 0 saturated heterocycles. The molecule has 0 aliphatic heterocycles. The van der Waals surface area contributed by atoms with Crippen molar-refractivity contribution in [2.45, 2.75) is 20.8 Å². The molecule has 7 heteroatoms.